The van der Waals surface area contributed by atoms with Gasteiger partial charge in [-0.1, -0.05) is 6.07 Å². The molecule has 5 unspecified atom stereocenters. The Bertz CT molecular complexity index is 2290. The van der Waals surface area contributed by atoms with Gasteiger partial charge in [-0.15, -0.1) is 0 Å². The van der Waals surface area contributed by atoms with Crippen LogP contribution in [0.3, 0.4) is 0 Å². The number of ether oxygens (including phenoxy) is 6. The van der Waals surface area contributed by atoms with Crippen molar-refractivity contribution in [1.82, 2.24) is 14.9 Å². The van der Waals surface area contributed by atoms with Crippen LogP contribution in [-0.4, -0.2) is 97.7 Å². The van der Waals surface area contributed by atoms with E-state index in [-0.39, 0.29) is 50.0 Å². The Labute approximate surface area is 303 Å². The van der Waals surface area contributed by atoms with E-state index < -0.39 is 60.4 Å². The molecule has 1 fully saturated rings. The lowest BCUT2D eigenvalue weighted by molar-refractivity contribution is -0.271. The molecule has 0 spiro atoms. The van der Waals surface area contributed by atoms with Gasteiger partial charge in [0.25, 0.3) is 5.56 Å². The van der Waals surface area contributed by atoms with Gasteiger partial charge in [-0.3, -0.25) is 4.79 Å². The summed E-state index contributed by atoms with van der Waals surface area (Å²) in [5.74, 6) is -1.36. The molecule has 0 aliphatic carbocycles. The second-order valence-corrected chi connectivity index (χ2v) is 12.9. The second kappa shape index (κ2) is 13.5. The molecule has 4 aliphatic rings. The van der Waals surface area contributed by atoms with Gasteiger partial charge in [0.2, 0.25) is 13.1 Å². The smallest absolute Gasteiger partial charge is 0.407 e. The van der Waals surface area contributed by atoms with Gasteiger partial charge in [-0.2, -0.15) is 0 Å². The van der Waals surface area contributed by atoms with Gasteiger partial charge in [0, 0.05) is 36.2 Å². The molecule has 2 aromatic heterocycles. The number of aliphatic hydroxyl groups is 4. The van der Waals surface area contributed by atoms with E-state index >= 15 is 0 Å². The fourth-order valence-corrected chi connectivity index (χ4v) is 6.90. The van der Waals surface area contributed by atoms with Gasteiger partial charge in [0.15, 0.2) is 23.7 Å². The van der Waals surface area contributed by atoms with Crippen LogP contribution in [0, 0.1) is 0 Å². The normalized spacial score (nSPS) is 23.5. The lowest BCUT2D eigenvalue weighted by atomic mass is 9.98. The summed E-state index contributed by atoms with van der Waals surface area (Å²) in [6, 6.07) is 9.58. The summed E-state index contributed by atoms with van der Waals surface area (Å²) >= 11 is 0. The highest BCUT2D eigenvalue weighted by molar-refractivity contribution is 5.91. The lowest BCUT2D eigenvalue weighted by Crippen LogP contribution is -2.61. The molecular formula is C35H32N4O15. The first kappa shape index (κ1) is 35.1. The van der Waals surface area contributed by atoms with Gasteiger partial charge in [-0.25, -0.2) is 19.4 Å². The number of amides is 1. The van der Waals surface area contributed by atoms with Crippen LogP contribution in [0.2, 0.25) is 0 Å². The highest BCUT2D eigenvalue weighted by atomic mass is 16.7. The van der Waals surface area contributed by atoms with Gasteiger partial charge in [-0.05, 0) is 35.4 Å². The molecule has 4 aliphatic heterocycles. The number of aromatic nitrogens is 2. The van der Waals surface area contributed by atoms with Crippen LogP contribution in [0.15, 0.2) is 41.2 Å². The minimum Gasteiger partial charge on any atom is -0.479 e. The van der Waals surface area contributed by atoms with Crippen molar-refractivity contribution in [2.75, 3.05) is 19.2 Å². The Morgan fingerprint density at radius 2 is 1.76 bits per heavy atom. The first-order chi connectivity index (χ1) is 25.9. The highest BCUT2D eigenvalue weighted by Crippen LogP contribution is 2.42. The minimum atomic E-state index is -1.88. The number of benzene rings is 2. The van der Waals surface area contributed by atoms with E-state index in [0.29, 0.717) is 56.2 Å². The molecule has 282 valence electrons. The number of fused-ring (bicyclic) bond motifs is 6. The Morgan fingerprint density at radius 1 is 0.981 bits per heavy atom. The van der Waals surface area contributed by atoms with E-state index in [1.165, 1.54) is 10.6 Å². The predicted octanol–water partition coefficient (Wildman–Crippen LogP) is -0.0168. The first-order valence-corrected chi connectivity index (χ1v) is 16.6. The number of pyridine rings is 2. The number of carboxylic acids is 1. The second-order valence-electron chi connectivity index (χ2n) is 12.9. The van der Waals surface area contributed by atoms with Crippen molar-refractivity contribution in [3.8, 4) is 28.6 Å². The number of aliphatic hydroxyl groups excluding tert-OH is 4. The SMILES string of the molecule is CNc1cc(COC(=O)NCc2c3c(nc4cc5c(cc24)OCO5)-c2cc4c(c(=O)n2C3)COC(=O)[C@H]4O)ccc1OC1OC(C(=O)O)C(O)C(O)C1O. The van der Waals surface area contributed by atoms with Gasteiger partial charge < -0.3 is 69.2 Å². The highest BCUT2D eigenvalue weighted by Gasteiger charge is 2.48. The summed E-state index contributed by atoms with van der Waals surface area (Å²) in [5, 5.41) is 56.5. The number of nitrogens with zero attached hydrogens (tertiary/aromatic N) is 2. The number of cyclic esters (lactones) is 1. The molecule has 0 bridgehead atoms. The molecule has 7 N–H and O–H groups in total. The fourth-order valence-electron chi connectivity index (χ4n) is 6.90. The van der Waals surface area contributed by atoms with Crippen molar-refractivity contribution in [3.63, 3.8) is 0 Å². The number of carboxylic acid groups (broad SMARTS) is 1. The van der Waals surface area contributed by atoms with Gasteiger partial charge in [0.1, 0.15) is 37.3 Å². The third kappa shape index (κ3) is 5.87. The third-order valence-electron chi connectivity index (χ3n) is 9.72. The molecule has 1 amide bonds. The van der Waals surface area contributed by atoms with Crippen molar-refractivity contribution in [3.05, 3.63) is 74.6 Å². The quantitative estimate of drug-likeness (QED) is 0.103. The topological polar surface area (TPSA) is 267 Å². The van der Waals surface area contributed by atoms with Crippen molar-refractivity contribution < 1.29 is 68.3 Å². The van der Waals surface area contributed by atoms with E-state index in [9.17, 15) is 44.7 Å². The van der Waals surface area contributed by atoms with E-state index in [4.69, 9.17) is 33.4 Å². The molecule has 1 saturated heterocycles. The largest absolute Gasteiger partial charge is 0.479 e. The number of aliphatic carboxylic acids is 1. The zero-order valence-corrected chi connectivity index (χ0v) is 28.2. The minimum absolute atomic E-state index is 0.0146. The first-order valence-electron chi connectivity index (χ1n) is 16.6. The van der Waals surface area contributed by atoms with Crippen LogP contribution in [-0.2, 0) is 50.1 Å². The molecule has 54 heavy (non-hydrogen) atoms. The number of nitrogens with one attached hydrogen (secondary N) is 2. The molecule has 4 aromatic rings. The lowest BCUT2D eigenvalue weighted by Gasteiger charge is -2.38. The van der Waals surface area contributed by atoms with Crippen LogP contribution in [0.4, 0.5) is 10.5 Å². The van der Waals surface area contributed by atoms with E-state index in [2.05, 4.69) is 10.6 Å². The molecule has 0 radical (unpaired) electrons. The van der Waals surface area contributed by atoms with Crippen molar-refractivity contribution in [2.24, 2.45) is 0 Å². The number of hydrogen-bond acceptors (Lipinski definition) is 16. The average Bonchev–Trinajstić information content (AvgIpc) is 3.78. The Morgan fingerprint density at radius 3 is 2.52 bits per heavy atom. The summed E-state index contributed by atoms with van der Waals surface area (Å²) in [5.41, 5.74) is 3.27. The molecule has 2 aromatic carbocycles. The van der Waals surface area contributed by atoms with Crippen LogP contribution in [0.5, 0.6) is 17.2 Å². The van der Waals surface area contributed by atoms with Crippen molar-refractivity contribution in [2.45, 2.75) is 63.1 Å². The summed E-state index contributed by atoms with van der Waals surface area (Å²) in [7, 11) is 1.57. The van der Waals surface area contributed by atoms with Crippen LogP contribution < -0.4 is 30.4 Å². The van der Waals surface area contributed by atoms with E-state index in [0.717, 1.165) is 0 Å². The van der Waals surface area contributed by atoms with Gasteiger partial charge >= 0.3 is 18.0 Å². The standard InChI is InChI=1S/C35H32N4O15/c1-36-20-4-13(2-3-22(20)53-34-29(43)27(41)28(42)30(54-34)32(45)46)10-50-35(48)37-8-16-14-6-23-24(52-12-51-23)7-19(14)38-25-17(16)9-39-21(25)5-15-18(31(39)44)11-49-33(47)26(15)40/h2-7,26-30,34,36,40-43H,8-12H2,1H3,(H,37,48)(H,45,46)/t26-,27?,28?,29?,30?,34?/m0/s1. The van der Waals surface area contributed by atoms with E-state index in [1.54, 1.807) is 37.4 Å². The number of anilines is 1. The molecule has 19 nitrogen and oxygen atoms in total. The maximum atomic E-state index is 13.6. The average molecular weight is 749 g/mol. The maximum absolute atomic E-state index is 13.6. The summed E-state index contributed by atoms with van der Waals surface area (Å²) in [6.45, 7) is -0.420. The third-order valence-corrected chi connectivity index (χ3v) is 9.72. The van der Waals surface area contributed by atoms with E-state index in [1.807, 2.05) is 0 Å². The fraction of sp³-hybridized carbons (Fsp3) is 0.343. The number of hydrogen-bond donors (Lipinski definition) is 7. The number of esters is 1. The monoisotopic (exact) mass is 748 g/mol. The molecule has 8 rings (SSSR count). The Hall–Kier alpha value is -5.99. The molecule has 6 atom stereocenters. The number of rotatable bonds is 8. The number of carbonyl (C=O) groups is 3. The Kier molecular flexibility index (Phi) is 8.73. The summed E-state index contributed by atoms with van der Waals surface area (Å²) in [4.78, 5) is 55.0. The molecule has 19 heteroatoms. The predicted molar refractivity (Wildman–Crippen MR) is 179 cm³/mol. The zero-order valence-electron chi connectivity index (χ0n) is 28.2. The molecule has 6 heterocycles. The summed E-state index contributed by atoms with van der Waals surface area (Å²) in [6.07, 6.45) is -11.4. The number of carbonyl (C=O) groups excluding carboxylic acids is 2. The van der Waals surface area contributed by atoms with Crippen LogP contribution >= 0.6 is 0 Å². The molecular weight excluding hydrogens is 716 g/mol. The van der Waals surface area contributed by atoms with Gasteiger partial charge in [0.05, 0.1) is 34.7 Å². The Balaban J connectivity index is 1.01. The van der Waals surface area contributed by atoms with Crippen molar-refractivity contribution in [1.29, 1.82) is 0 Å². The van der Waals surface area contributed by atoms with Crippen molar-refractivity contribution >= 4 is 34.6 Å². The van der Waals surface area contributed by atoms with Crippen LogP contribution in [0.1, 0.15) is 33.9 Å². The summed E-state index contributed by atoms with van der Waals surface area (Å²) < 4.78 is 34.0. The molecule has 0 saturated carbocycles. The zero-order chi connectivity index (χ0) is 38.0. The number of alkyl carbamates (subject to hydrolysis) is 1. The maximum Gasteiger partial charge on any atom is 0.407 e. The van der Waals surface area contributed by atoms with Crippen LogP contribution in [0.25, 0.3) is 22.3 Å².